The fourth-order valence-corrected chi connectivity index (χ4v) is 8.36. The molecule has 0 aromatic rings. The molecule has 0 amide bonds. The lowest BCUT2D eigenvalue weighted by Crippen LogP contribution is -2.30. The maximum absolute atomic E-state index is 12.8. The largest absolute Gasteiger partial charge is 0.462 e. The van der Waals surface area contributed by atoms with Crippen molar-refractivity contribution in [3.05, 3.63) is 0 Å². The quantitative estimate of drug-likeness (QED) is 0.0344. The molecule has 0 aliphatic rings. The van der Waals surface area contributed by atoms with Gasteiger partial charge >= 0.3 is 17.9 Å². The molecule has 0 spiro atoms. The lowest BCUT2D eigenvalue weighted by Gasteiger charge is -2.18. The Balaban J connectivity index is 4.25. The van der Waals surface area contributed by atoms with Crippen LogP contribution in [-0.4, -0.2) is 37.2 Å². The van der Waals surface area contributed by atoms with Crippen LogP contribution in [-0.2, 0) is 28.6 Å². The van der Waals surface area contributed by atoms with Crippen molar-refractivity contribution in [2.24, 2.45) is 5.92 Å². The Morgan fingerprint density at radius 2 is 0.574 bits per heavy atom. The van der Waals surface area contributed by atoms with E-state index in [4.69, 9.17) is 14.2 Å². The van der Waals surface area contributed by atoms with E-state index in [9.17, 15) is 14.4 Å². The highest BCUT2D eigenvalue weighted by molar-refractivity contribution is 5.71. The van der Waals surface area contributed by atoms with Gasteiger partial charge in [-0.3, -0.25) is 14.4 Å². The van der Waals surface area contributed by atoms with E-state index in [2.05, 4.69) is 27.7 Å². The van der Waals surface area contributed by atoms with Crippen molar-refractivity contribution in [3.63, 3.8) is 0 Å². The van der Waals surface area contributed by atoms with Crippen LogP contribution in [0.25, 0.3) is 0 Å². The van der Waals surface area contributed by atoms with Crippen LogP contribution < -0.4 is 0 Å². The van der Waals surface area contributed by atoms with Gasteiger partial charge in [-0.05, 0) is 25.2 Å². The van der Waals surface area contributed by atoms with Crippen molar-refractivity contribution in [1.29, 1.82) is 0 Å². The van der Waals surface area contributed by atoms with Crippen molar-refractivity contribution in [2.45, 2.75) is 316 Å². The molecule has 0 rings (SSSR count). The first-order chi connectivity index (χ1) is 29.9. The third kappa shape index (κ3) is 47.7. The van der Waals surface area contributed by atoms with Gasteiger partial charge in [-0.1, -0.05) is 272 Å². The van der Waals surface area contributed by atoms with Crippen LogP contribution >= 0.6 is 0 Å². The smallest absolute Gasteiger partial charge is 0.306 e. The zero-order chi connectivity index (χ0) is 44.5. The molecule has 0 saturated heterocycles. The molecule has 0 aliphatic heterocycles. The van der Waals surface area contributed by atoms with Crippen LogP contribution in [0.1, 0.15) is 310 Å². The summed E-state index contributed by atoms with van der Waals surface area (Å²) in [5.74, 6) is -0.0299. The minimum Gasteiger partial charge on any atom is -0.462 e. The number of hydrogen-bond acceptors (Lipinski definition) is 6. The van der Waals surface area contributed by atoms with Gasteiger partial charge in [-0.2, -0.15) is 0 Å². The van der Waals surface area contributed by atoms with Crippen LogP contribution in [0.15, 0.2) is 0 Å². The molecule has 362 valence electrons. The lowest BCUT2D eigenvalue weighted by molar-refractivity contribution is -0.167. The molecule has 6 nitrogen and oxygen atoms in total. The Labute approximate surface area is 380 Å². The standard InChI is InChI=1S/C55H106O6/c1-5-8-10-12-14-16-18-20-22-23-24-25-26-28-30-32-34-40-44-48-55(58)61-52(50-60-54(57)47-43-39-36-35-37-41-45-51(4)7-3)49-59-53(56)46-42-38-33-31-29-27-21-19-17-15-13-11-9-6-2/h51-52H,5-50H2,1-4H3/t51?,52-/m0/s1. The first-order valence-electron chi connectivity index (χ1n) is 27.4. The first kappa shape index (κ1) is 59.4. The van der Waals surface area contributed by atoms with E-state index in [-0.39, 0.29) is 31.1 Å². The zero-order valence-electron chi connectivity index (χ0n) is 41.6. The third-order valence-electron chi connectivity index (χ3n) is 12.9. The molecule has 0 saturated carbocycles. The number of unbranched alkanes of at least 4 members (excludes halogenated alkanes) is 36. The second-order valence-corrected chi connectivity index (χ2v) is 19.1. The van der Waals surface area contributed by atoms with E-state index in [1.807, 2.05) is 0 Å². The van der Waals surface area contributed by atoms with Gasteiger partial charge < -0.3 is 14.2 Å². The second kappa shape index (κ2) is 49.4. The molecule has 0 radical (unpaired) electrons. The van der Waals surface area contributed by atoms with E-state index in [0.29, 0.717) is 19.3 Å². The van der Waals surface area contributed by atoms with Gasteiger partial charge in [0.05, 0.1) is 0 Å². The highest BCUT2D eigenvalue weighted by atomic mass is 16.6. The summed E-state index contributed by atoms with van der Waals surface area (Å²) in [4.78, 5) is 38.0. The molecule has 61 heavy (non-hydrogen) atoms. The van der Waals surface area contributed by atoms with Crippen LogP contribution in [0.5, 0.6) is 0 Å². The highest BCUT2D eigenvalue weighted by Crippen LogP contribution is 2.18. The maximum atomic E-state index is 12.8. The van der Waals surface area contributed by atoms with Crippen molar-refractivity contribution in [1.82, 2.24) is 0 Å². The molecular weight excluding hydrogens is 757 g/mol. The zero-order valence-corrected chi connectivity index (χ0v) is 41.6. The lowest BCUT2D eigenvalue weighted by atomic mass is 10.00. The fourth-order valence-electron chi connectivity index (χ4n) is 8.36. The Hall–Kier alpha value is -1.59. The normalized spacial score (nSPS) is 12.4. The average molecular weight is 863 g/mol. The summed E-state index contributed by atoms with van der Waals surface area (Å²) in [6, 6.07) is 0. The Morgan fingerprint density at radius 3 is 0.852 bits per heavy atom. The summed E-state index contributed by atoms with van der Waals surface area (Å²) in [6.45, 7) is 9.01. The van der Waals surface area contributed by atoms with Gasteiger partial charge in [0, 0.05) is 19.3 Å². The van der Waals surface area contributed by atoms with Gasteiger partial charge in [0.15, 0.2) is 6.10 Å². The summed E-state index contributed by atoms with van der Waals surface area (Å²) in [7, 11) is 0. The molecule has 0 aromatic carbocycles. The summed E-state index contributed by atoms with van der Waals surface area (Å²) in [5.41, 5.74) is 0. The van der Waals surface area contributed by atoms with Crippen molar-refractivity contribution < 1.29 is 28.6 Å². The number of hydrogen-bond donors (Lipinski definition) is 0. The highest BCUT2D eigenvalue weighted by Gasteiger charge is 2.19. The maximum Gasteiger partial charge on any atom is 0.306 e. The van der Waals surface area contributed by atoms with Gasteiger partial charge in [-0.15, -0.1) is 0 Å². The SMILES string of the molecule is CCCCCCCCCCCCCCCCCCCCCC(=O)O[C@@H](COC(=O)CCCCCCCCCCCCCCCC)COC(=O)CCCCCCCCC(C)CC. The molecule has 6 heteroatoms. The molecule has 1 unspecified atom stereocenters. The molecule has 0 aliphatic carbocycles. The van der Waals surface area contributed by atoms with Gasteiger partial charge in [-0.25, -0.2) is 0 Å². The molecule has 0 heterocycles. The molecule has 0 bridgehead atoms. The monoisotopic (exact) mass is 863 g/mol. The molecule has 0 aromatic heterocycles. The van der Waals surface area contributed by atoms with Crippen LogP contribution in [0.4, 0.5) is 0 Å². The summed E-state index contributed by atoms with van der Waals surface area (Å²) in [5, 5.41) is 0. The fraction of sp³-hybridized carbons (Fsp3) is 0.945. The van der Waals surface area contributed by atoms with E-state index in [1.165, 1.54) is 205 Å². The van der Waals surface area contributed by atoms with Crippen LogP contribution in [0.3, 0.4) is 0 Å². The minimum absolute atomic E-state index is 0.0632. The van der Waals surface area contributed by atoms with Crippen LogP contribution in [0, 0.1) is 5.92 Å². The van der Waals surface area contributed by atoms with E-state index in [1.54, 1.807) is 0 Å². The summed E-state index contributed by atoms with van der Waals surface area (Å²) < 4.78 is 16.8. The number of rotatable bonds is 50. The van der Waals surface area contributed by atoms with Crippen molar-refractivity contribution in [2.75, 3.05) is 13.2 Å². The topological polar surface area (TPSA) is 78.9 Å². The Morgan fingerprint density at radius 1 is 0.328 bits per heavy atom. The second-order valence-electron chi connectivity index (χ2n) is 19.1. The van der Waals surface area contributed by atoms with Crippen molar-refractivity contribution >= 4 is 17.9 Å². The number of carbonyl (C=O) groups is 3. The van der Waals surface area contributed by atoms with Gasteiger partial charge in [0.25, 0.3) is 0 Å². The Bertz CT molecular complexity index is 920. The molecule has 2 atom stereocenters. The molecule has 0 fully saturated rings. The van der Waals surface area contributed by atoms with Gasteiger partial charge in [0.1, 0.15) is 13.2 Å². The number of esters is 3. The number of ether oxygens (including phenoxy) is 3. The van der Waals surface area contributed by atoms with E-state index < -0.39 is 6.10 Å². The predicted molar refractivity (Wildman–Crippen MR) is 261 cm³/mol. The molecular formula is C55H106O6. The molecule has 0 N–H and O–H groups in total. The summed E-state index contributed by atoms with van der Waals surface area (Å²) in [6.07, 6.45) is 52.4. The minimum atomic E-state index is -0.762. The van der Waals surface area contributed by atoms with Gasteiger partial charge in [0.2, 0.25) is 0 Å². The predicted octanol–water partition coefficient (Wildman–Crippen LogP) is 17.8. The average Bonchev–Trinajstić information content (AvgIpc) is 3.26. The van der Waals surface area contributed by atoms with Crippen LogP contribution in [0.2, 0.25) is 0 Å². The van der Waals surface area contributed by atoms with E-state index in [0.717, 1.165) is 63.7 Å². The Kier molecular flexibility index (Phi) is 48.1. The number of carbonyl (C=O) groups excluding carboxylic acids is 3. The van der Waals surface area contributed by atoms with Crippen molar-refractivity contribution in [3.8, 4) is 0 Å². The van der Waals surface area contributed by atoms with E-state index >= 15 is 0 Å². The third-order valence-corrected chi connectivity index (χ3v) is 12.9. The summed E-state index contributed by atoms with van der Waals surface area (Å²) >= 11 is 0. The first-order valence-corrected chi connectivity index (χ1v) is 27.4.